The summed E-state index contributed by atoms with van der Waals surface area (Å²) in [5.41, 5.74) is 3.37. The molecule has 1 atom stereocenters. The molecular weight excluding hydrogens is 414 g/mol. The fraction of sp³-hybridized carbons (Fsp3) is 0.519. The molecule has 1 unspecified atom stereocenters. The molecule has 1 aromatic carbocycles. The molecule has 6 nitrogen and oxygen atoms in total. The van der Waals surface area contributed by atoms with Crippen molar-refractivity contribution in [2.75, 3.05) is 25.0 Å². The third kappa shape index (κ3) is 6.56. The highest BCUT2D eigenvalue weighted by Gasteiger charge is 2.24. The number of fused-ring (bicyclic) bond motifs is 1. The average Bonchev–Trinajstić information content (AvgIpc) is 2.85. The van der Waals surface area contributed by atoms with Crippen molar-refractivity contribution < 1.29 is 14.7 Å². The second-order valence-electron chi connectivity index (χ2n) is 9.45. The smallest absolute Gasteiger partial charge is 0.303 e. The van der Waals surface area contributed by atoms with Crippen molar-refractivity contribution >= 4 is 17.7 Å². The number of nitrogens with zero attached hydrogens (tertiary/aromatic N) is 2. The van der Waals surface area contributed by atoms with E-state index in [2.05, 4.69) is 17.4 Å². The average molecular weight is 450 g/mol. The number of pyridine rings is 1. The molecule has 3 heterocycles. The van der Waals surface area contributed by atoms with Gasteiger partial charge in [-0.05, 0) is 74.0 Å². The number of carbonyl (C=O) groups excluding carboxylic acids is 1. The second kappa shape index (κ2) is 11.3. The molecule has 1 amide bonds. The zero-order valence-electron chi connectivity index (χ0n) is 19.3. The third-order valence-corrected chi connectivity index (χ3v) is 7.13. The molecule has 1 aromatic heterocycles. The van der Waals surface area contributed by atoms with Crippen LogP contribution in [0.2, 0.25) is 0 Å². The van der Waals surface area contributed by atoms with E-state index in [-0.39, 0.29) is 18.2 Å². The molecule has 1 fully saturated rings. The number of carbonyl (C=O) groups is 2. The van der Waals surface area contributed by atoms with Crippen molar-refractivity contribution in [2.45, 2.75) is 63.7 Å². The number of aromatic nitrogens is 1. The van der Waals surface area contributed by atoms with E-state index in [9.17, 15) is 14.7 Å². The predicted octanol–water partition coefficient (Wildman–Crippen LogP) is 4.65. The van der Waals surface area contributed by atoms with Crippen LogP contribution in [0, 0.1) is 5.92 Å². The van der Waals surface area contributed by atoms with Gasteiger partial charge in [0.2, 0.25) is 5.91 Å². The normalized spacial score (nSPS) is 17.2. The fourth-order valence-electron chi connectivity index (χ4n) is 5.13. The molecule has 0 spiro atoms. The molecule has 176 valence electrons. The zero-order valence-corrected chi connectivity index (χ0v) is 19.3. The van der Waals surface area contributed by atoms with E-state index >= 15 is 0 Å². The predicted molar refractivity (Wildman–Crippen MR) is 129 cm³/mol. The number of rotatable bonds is 9. The van der Waals surface area contributed by atoms with Gasteiger partial charge >= 0.3 is 5.97 Å². The Morgan fingerprint density at radius 1 is 1.12 bits per heavy atom. The van der Waals surface area contributed by atoms with E-state index in [1.807, 2.05) is 35.2 Å². The van der Waals surface area contributed by atoms with Crippen molar-refractivity contribution in [2.24, 2.45) is 5.92 Å². The molecule has 6 heteroatoms. The van der Waals surface area contributed by atoms with Gasteiger partial charge in [0.25, 0.3) is 0 Å². The van der Waals surface area contributed by atoms with Crippen LogP contribution >= 0.6 is 0 Å². The maximum absolute atomic E-state index is 12.8. The molecule has 0 radical (unpaired) electrons. The number of anilines is 1. The molecule has 2 aliphatic heterocycles. The molecular formula is C27H35N3O3. The minimum Gasteiger partial charge on any atom is -0.481 e. The second-order valence-corrected chi connectivity index (χ2v) is 9.45. The number of hydrogen-bond acceptors (Lipinski definition) is 4. The first-order chi connectivity index (χ1) is 16.1. The maximum Gasteiger partial charge on any atom is 0.303 e. The van der Waals surface area contributed by atoms with Gasteiger partial charge in [0.05, 0.1) is 6.42 Å². The van der Waals surface area contributed by atoms with Gasteiger partial charge in [-0.15, -0.1) is 0 Å². The molecule has 0 bridgehead atoms. The highest BCUT2D eigenvalue weighted by molar-refractivity contribution is 5.76. The first-order valence-corrected chi connectivity index (χ1v) is 12.4. The largest absolute Gasteiger partial charge is 0.481 e. The highest BCUT2D eigenvalue weighted by atomic mass is 16.4. The Kier molecular flexibility index (Phi) is 7.97. The summed E-state index contributed by atoms with van der Waals surface area (Å²) in [5.74, 6) is 1.08. The van der Waals surface area contributed by atoms with Crippen LogP contribution in [0.1, 0.15) is 67.7 Å². The fourth-order valence-corrected chi connectivity index (χ4v) is 5.13. The van der Waals surface area contributed by atoms with Gasteiger partial charge in [0, 0.05) is 31.7 Å². The Labute approximate surface area is 196 Å². The summed E-state index contributed by atoms with van der Waals surface area (Å²) in [4.78, 5) is 30.8. The van der Waals surface area contributed by atoms with Gasteiger partial charge in [-0.2, -0.15) is 0 Å². The van der Waals surface area contributed by atoms with Crippen LogP contribution in [0.3, 0.4) is 0 Å². The lowest BCUT2D eigenvalue weighted by Gasteiger charge is -2.32. The third-order valence-electron chi connectivity index (χ3n) is 7.13. The van der Waals surface area contributed by atoms with Gasteiger partial charge in [0.15, 0.2) is 0 Å². The molecule has 0 aliphatic carbocycles. The number of hydrogen-bond donors (Lipinski definition) is 2. The van der Waals surface area contributed by atoms with Gasteiger partial charge in [-0.3, -0.25) is 9.59 Å². The van der Waals surface area contributed by atoms with Crippen LogP contribution in [0.5, 0.6) is 0 Å². The summed E-state index contributed by atoms with van der Waals surface area (Å²) in [5, 5.41) is 12.7. The van der Waals surface area contributed by atoms with E-state index in [1.54, 1.807) is 0 Å². The summed E-state index contributed by atoms with van der Waals surface area (Å²) in [6.45, 7) is 2.58. The monoisotopic (exact) mass is 449 g/mol. The van der Waals surface area contributed by atoms with E-state index in [4.69, 9.17) is 4.98 Å². The lowest BCUT2D eigenvalue weighted by molar-refractivity contribution is -0.137. The lowest BCUT2D eigenvalue weighted by Crippen LogP contribution is -2.38. The van der Waals surface area contributed by atoms with Crippen LogP contribution in [0.4, 0.5) is 5.82 Å². The molecule has 2 N–H and O–H groups in total. The Hall–Kier alpha value is -2.89. The van der Waals surface area contributed by atoms with Gasteiger partial charge in [-0.1, -0.05) is 36.4 Å². The summed E-state index contributed by atoms with van der Waals surface area (Å²) < 4.78 is 0. The summed E-state index contributed by atoms with van der Waals surface area (Å²) in [7, 11) is 0. The molecule has 2 aromatic rings. The zero-order chi connectivity index (χ0) is 23.0. The minimum atomic E-state index is -0.742. The molecule has 0 saturated carbocycles. The SMILES string of the molecule is O=C(O)CC(CCC1CCN(C(=O)CCc2ccc3c(n2)NCCC3)CC1)c1ccccc1. The number of nitrogens with one attached hydrogen (secondary N) is 1. The standard InChI is InChI=1S/C27H35N3O3/c31-25(13-12-24-11-10-22-7-4-16-28-27(22)29-24)30-17-14-20(15-18-30)8-9-23(19-26(32)33)21-5-2-1-3-6-21/h1-3,5-6,10-11,20,23H,4,7-9,12-19H2,(H,28,29)(H,32,33). The van der Waals surface area contributed by atoms with Crippen molar-refractivity contribution in [3.8, 4) is 0 Å². The topological polar surface area (TPSA) is 82.5 Å². The Morgan fingerprint density at radius 2 is 1.91 bits per heavy atom. The van der Waals surface area contributed by atoms with Crippen molar-refractivity contribution in [1.29, 1.82) is 0 Å². The van der Waals surface area contributed by atoms with Crippen LogP contribution in [0.25, 0.3) is 0 Å². The lowest BCUT2D eigenvalue weighted by atomic mass is 9.84. The van der Waals surface area contributed by atoms with E-state index < -0.39 is 5.97 Å². The van der Waals surface area contributed by atoms with Crippen LogP contribution in [0.15, 0.2) is 42.5 Å². The Balaban J connectivity index is 1.21. The number of piperidine rings is 1. The van der Waals surface area contributed by atoms with Gasteiger partial charge in [-0.25, -0.2) is 4.98 Å². The van der Waals surface area contributed by atoms with Crippen molar-refractivity contribution in [1.82, 2.24) is 9.88 Å². The first-order valence-electron chi connectivity index (χ1n) is 12.4. The van der Waals surface area contributed by atoms with Crippen LogP contribution in [-0.4, -0.2) is 46.5 Å². The number of aryl methyl sites for hydroxylation is 2. The maximum atomic E-state index is 12.8. The Morgan fingerprint density at radius 3 is 2.67 bits per heavy atom. The van der Waals surface area contributed by atoms with Crippen LogP contribution in [-0.2, 0) is 22.4 Å². The number of carboxylic acid groups (broad SMARTS) is 1. The van der Waals surface area contributed by atoms with Crippen molar-refractivity contribution in [3.05, 3.63) is 59.3 Å². The minimum absolute atomic E-state index is 0.0574. The summed E-state index contributed by atoms with van der Waals surface area (Å²) in [6, 6.07) is 14.2. The quantitative estimate of drug-likeness (QED) is 0.582. The van der Waals surface area contributed by atoms with Gasteiger partial charge in [0.1, 0.15) is 5.82 Å². The van der Waals surface area contributed by atoms with Gasteiger partial charge < -0.3 is 15.3 Å². The van der Waals surface area contributed by atoms with E-state index in [0.29, 0.717) is 18.8 Å². The Bertz CT molecular complexity index is 939. The number of carboxylic acids is 1. The summed E-state index contributed by atoms with van der Waals surface area (Å²) >= 11 is 0. The number of likely N-dealkylation sites (tertiary alicyclic amines) is 1. The van der Waals surface area contributed by atoms with E-state index in [0.717, 1.165) is 75.2 Å². The van der Waals surface area contributed by atoms with E-state index in [1.165, 1.54) is 5.56 Å². The molecule has 2 aliphatic rings. The molecule has 33 heavy (non-hydrogen) atoms. The van der Waals surface area contributed by atoms with Crippen molar-refractivity contribution in [3.63, 3.8) is 0 Å². The molecule has 4 rings (SSSR count). The summed E-state index contributed by atoms with van der Waals surface area (Å²) in [6.07, 6.45) is 7.48. The molecule has 1 saturated heterocycles. The number of amides is 1. The highest BCUT2D eigenvalue weighted by Crippen LogP contribution is 2.30. The number of aliphatic carboxylic acids is 1. The number of benzene rings is 1. The van der Waals surface area contributed by atoms with Crippen LogP contribution < -0.4 is 5.32 Å². The first kappa shape index (κ1) is 23.3.